The zero-order valence-corrected chi connectivity index (χ0v) is 16.3. The zero-order chi connectivity index (χ0) is 20.2. The molecule has 0 bridgehead atoms. The number of anilines is 1. The van der Waals surface area contributed by atoms with Gasteiger partial charge in [0.2, 0.25) is 5.13 Å². The van der Waals surface area contributed by atoms with Crippen LogP contribution in [0.5, 0.6) is 0 Å². The fourth-order valence-electron chi connectivity index (χ4n) is 2.52. The van der Waals surface area contributed by atoms with Crippen molar-refractivity contribution in [1.29, 1.82) is 5.26 Å². The van der Waals surface area contributed by atoms with Crippen molar-refractivity contribution in [2.75, 3.05) is 5.32 Å². The SMILES string of the molecule is N#Cc1ccc(CSc2nnc(NC(=O)c3cc(F)cc4nccnc34)s2)cc1. The third kappa shape index (κ3) is 4.37. The molecule has 0 unspecified atom stereocenters. The molecule has 1 amide bonds. The molecule has 0 radical (unpaired) electrons. The van der Waals surface area contributed by atoms with E-state index in [9.17, 15) is 9.18 Å². The van der Waals surface area contributed by atoms with Crippen LogP contribution in [0.2, 0.25) is 0 Å². The number of carbonyl (C=O) groups excluding carboxylic acids is 1. The molecule has 1 N–H and O–H groups in total. The number of benzene rings is 2. The molecule has 0 aliphatic carbocycles. The monoisotopic (exact) mass is 422 g/mol. The predicted molar refractivity (Wildman–Crippen MR) is 108 cm³/mol. The van der Waals surface area contributed by atoms with E-state index in [2.05, 4.69) is 31.6 Å². The normalized spacial score (nSPS) is 10.6. The predicted octanol–water partition coefficient (Wildman–Crippen LogP) is 4.04. The first-order valence-corrected chi connectivity index (χ1v) is 10.1. The molecule has 142 valence electrons. The number of nitrogens with one attached hydrogen (secondary N) is 1. The van der Waals surface area contributed by atoms with Gasteiger partial charge in [-0.25, -0.2) is 4.39 Å². The van der Waals surface area contributed by atoms with Crippen molar-refractivity contribution in [2.24, 2.45) is 0 Å². The van der Waals surface area contributed by atoms with Gasteiger partial charge in [-0.1, -0.05) is 35.2 Å². The largest absolute Gasteiger partial charge is 0.296 e. The van der Waals surface area contributed by atoms with Crippen molar-refractivity contribution in [3.63, 3.8) is 0 Å². The molecule has 7 nitrogen and oxygen atoms in total. The van der Waals surface area contributed by atoms with Gasteiger partial charge >= 0.3 is 0 Å². The third-order valence-corrected chi connectivity index (χ3v) is 5.90. The van der Waals surface area contributed by atoms with Crippen LogP contribution in [0.1, 0.15) is 21.5 Å². The van der Waals surface area contributed by atoms with Crippen LogP contribution in [0.15, 0.2) is 53.1 Å². The Morgan fingerprint density at radius 2 is 1.97 bits per heavy atom. The zero-order valence-electron chi connectivity index (χ0n) is 14.7. The standard InChI is InChI=1S/C19H11FN6OS2/c20-13-7-14(16-15(8-13)22-5-6-23-16)17(27)24-18-25-26-19(29-18)28-10-12-3-1-11(9-21)2-4-12/h1-8H,10H2,(H,24,25,27). The molecular weight excluding hydrogens is 411 g/mol. The van der Waals surface area contributed by atoms with E-state index in [-0.39, 0.29) is 5.56 Å². The summed E-state index contributed by atoms with van der Waals surface area (Å²) in [5.41, 5.74) is 2.34. The van der Waals surface area contributed by atoms with Gasteiger partial charge in [-0.15, -0.1) is 10.2 Å². The van der Waals surface area contributed by atoms with Crippen LogP contribution >= 0.6 is 23.1 Å². The average molecular weight is 422 g/mol. The fraction of sp³-hybridized carbons (Fsp3) is 0.0526. The highest BCUT2D eigenvalue weighted by molar-refractivity contribution is 8.00. The number of carbonyl (C=O) groups is 1. The first-order valence-electron chi connectivity index (χ1n) is 8.29. The average Bonchev–Trinajstić information content (AvgIpc) is 3.19. The van der Waals surface area contributed by atoms with Crippen molar-refractivity contribution < 1.29 is 9.18 Å². The molecule has 0 fully saturated rings. The second-order valence-electron chi connectivity index (χ2n) is 5.80. The lowest BCUT2D eigenvalue weighted by Gasteiger charge is -2.05. The summed E-state index contributed by atoms with van der Waals surface area (Å²) in [6, 6.07) is 11.7. The number of amides is 1. The molecule has 0 saturated heterocycles. The van der Waals surface area contributed by atoms with Gasteiger partial charge in [-0.2, -0.15) is 5.26 Å². The van der Waals surface area contributed by atoms with E-state index in [1.54, 1.807) is 12.1 Å². The molecule has 2 heterocycles. The molecule has 2 aromatic heterocycles. The van der Waals surface area contributed by atoms with E-state index in [0.717, 1.165) is 11.6 Å². The van der Waals surface area contributed by atoms with Crippen molar-refractivity contribution >= 4 is 45.2 Å². The Morgan fingerprint density at radius 3 is 2.76 bits per heavy atom. The molecule has 4 rings (SSSR count). The van der Waals surface area contributed by atoms with E-state index in [4.69, 9.17) is 5.26 Å². The summed E-state index contributed by atoms with van der Waals surface area (Å²) in [4.78, 5) is 20.7. The Labute approximate surface area is 172 Å². The van der Waals surface area contributed by atoms with E-state index >= 15 is 0 Å². The van der Waals surface area contributed by atoms with Crippen molar-refractivity contribution in [3.8, 4) is 6.07 Å². The van der Waals surface area contributed by atoms with E-state index in [0.29, 0.717) is 31.8 Å². The first kappa shape index (κ1) is 18.9. The number of nitriles is 1. The maximum Gasteiger partial charge on any atom is 0.259 e. The molecular formula is C19H11FN6OS2. The van der Waals surface area contributed by atoms with Gasteiger partial charge in [0.1, 0.15) is 11.3 Å². The summed E-state index contributed by atoms with van der Waals surface area (Å²) in [7, 11) is 0. The Balaban J connectivity index is 1.45. The molecule has 0 saturated carbocycles. The Bertz CT molecular complexity index is 1240. The Morgan fingerprint density at radius 1 is 1.17 bits per heavy atom. The maximum absolute atomic E-state index is 13.8. The quantitative estimate of drug-likeness (QED) is 0.382. The van der Waals surface area contributed by atoms with Gasteiger partial charge < -0.3 is 0 Å². The lowest BCUT2D eigenvalue weighted by Crippen LogP contribution is -2.13. The van der Waals surface area contributed by atoms with Gasteiger partial charge in [0.15, 0.2) is 4.34 Å². The van der Waals surface area contributed by atoms with Crippen LogP contribution in [0.4, 0.5) is 9.52 Å². The van der Waals surface area contributed by atoms with Gasteiger partial charge in [-0.3, -0.25) is 20.1 Å². The fourth-order valence-corrected chi connectivity index (χ4v) is 4.22. The second-order valence-corrected chi connectivity index (χ2v) is 8.00. The number of fused-ring (bicyclic) bond motifs is 1. The third-order valence-electron chi connectivity index (χ3n) is 3.86. The van der Waals surface area contributed by atoms with Crippen LogP contribution in [-0.2, 0) is 5.75 Å². The lowest BCUT2D eigenvalue weighted by molar-refractivity contribution is 0.102. The molecule has 0 atom stereocenters. The van der Waals surface area contributed by atoms with Gasteiger partial charge in [0.25, 0.3) is 5.91 Å². The molecule has 4 aromatic rings. The highest BCUT2D eigenvalue weighted by Crippen LogP contribution is 2.29. The van der Waals surface area contributed by atoms with Crippen LogP contribution in [0.25, 0.3) is 11.0 Å². The molecule has 29 heavy (non-hydrogen) atoms. The van der Waals surface area contributed by atoms with Crippen molar-refractivity contribution in [2.45, 2.75) is 10.1 Å². The number of nitrogens with zero attached hydrogens (tertiary/aromatic N) is 5. The van der Waals surface area contributed by atoms with Gasteiger partial charge in [0.05, 0.1) is 22.7 Å². The molecule has 0 aliphatic rings. The first-order chi connectivity index (χ1) is 14.1. The smallest absolute Gasteiger partial charge is 0.259 e. The Hall–Kier alpha value is -3.42. The summed E-state index contributed by atoms with van der Waals surface area (Å²) in [6.07, 6.45) is 2.88. The number of halogens is 1. The highest BCUT2D eigenvalue weighted by Gasteiger charge is 2.16. The van der Waals surface area contributed by atoms with Crippen molar-refractivity contribution in [3.05, 3.63) is 71.3 Å². The number of aromatic nitrogens is 4. The maximum atomic E-state index is 13.8. The second kappa shape index (κ2) is 8.30. The minimum absolute atomic E-state index is 0.0788. The molecule has 0 aliphatic heterocycles. The topological polar surface area (TPSA) is 104 Å². The van der Waals surface area contributed by atoms with Gasteiger partial charge in [0, 0.05) is 24.2 Å². The summed E-state index contributed by atoms with van der Waals surface area (Å²) in [6.45, 7) is 0. The molecule has 2 aromatic carbocycles. The summed E-state index contributed by atoms with van der Waals surface area (Å²) < 4.78 is 14.5. The van der Waals surface area contributed by atoms with Crippen LogP contribution in [0, 0.1) is 17.1 Å². The highest BCUT2D eigenvalue weighted by atomic mass is 32.2. The molecule has 10 heteroatoms. The van der Waals surface area contributed by atoms with Crippen molar-refractivity contribution in [1.82, 2.24) is 20.2 Å². The number of rotatable bonds is 5. The summed E-state index contributed by atoms with van der Waals surface area (Å²) in [5.74, 6) is -0.452. The minimum atomic E-state index is -0.570. The molecule has 0 spiro atoms. The van der Waals surface area contributed by atoms with Crippen LogP contribution in [-0.4, -0.2) is 26.1 Å². The number of hydrogen-bond acceptors (Lipinski definition) is 8. The summed E-state index contributed by atoms with van der Waals surface area (Å²) in [5, 5.41) is 19.8. The van der Waals surface area contributed by atoms with E-state index < -0.39 is 11.7 Å². The number of thioether (sulfide) groups is 1. The van der Waals surface area contributed by atoms with E-state index in [1.807, 2.05) is 12.1 Å². The minimum Gasteiger partial charge on any atom is -0.296 e. The van der Waals surface area contributed by atoms with Crippen LogP contribution < -0.4 is 5.32 Å². The number of hydrogen-bond donors (Lipinski definition) is 1. The van der Waals surface area contributed by atoms with Gasteiger partial charge in [-0.05, 0) is 23.8 Å². The van der Waals surface area contributed by atoms with E-state index in [1.165, 1.54) is 41.6 Å². The summed E-state index contributed by atoms with van der Waals surface area (Å²) >= 11 is 2.68. The lowest BCUT2D eigenvalue weighted by atomic mass is 10.1. The Kier molecular flexibility index (Phi) is 5.41. The van der Waals surface area contributed by atoms with Crippen LogP contribution in [0.3, 0.4) is 0 Å².